The van der Waals surface area contributed by atoms with Crippen molar-refractivity contribution in [1.29, 1.82) is 0 Å². The number of para-hydroxylation sites is 1. The van der Waals surface area contributed by atoms with Gasteiger partial charge >= 0.3 is 0 Å². The van der Waals surface area contributed by atoms with Gasteiger partial charge in [-0.2, -0.15) is 0 Å². The molecule has 1 N–H and O–H groups in total. The van der Waals surface area contributed by atoms with Crippen molar-refractivity contribution in [1.82, 2.24) is 5.32 Å². The molecule has 0 aromatic heterocycles. The van der Waals surface area contributed by atoms with Crippen molar-refractivity contribution in [3.8, 4) is 11.5 Å². The van der Waals surface area contributed by atoms with E-state index >= 15 is 0 Å². The van der Waals surface area contributed by atoms with Gasteiger partial charge in [-0.1, -0.05) is 24.3 Å². The molecule has 1 aliphatic heterocycles. The zero-order chi connectivity index (χ0) is 15.2. The zero-order valence-corrected chi connectivity index (χ0v) is 13.2. The molecule has 22 heavy (non-hydrogen) atoms. The summed E-state index contributed by atoms with van der Waals surface area (Å²) in [5, 5.41) is 3.57. The van der Waals surface area contributed by atoms with Crippen LogP contribution in [0.25, 0.3) is 0 Å². The largest absolute Gasteiger partial charge is 0.457 e. The van der Waals surface area contributed by atoms with Crippen LogP contribution >= 0.6 is 0 Å². The fraction of sp³-hybridized carbons (Fsp3) is 0.368. The molecule has 2 aromatic rings. The Hall–Kier alpha value is -2.00. The molecular formula is C19H24N2O. The van der Waals surface area contributed by atoms with Gasteiger partial charge in [0.05, 0.1) is 0 Å². The van der Waals surface area contributed by atoms with E-state index in [1.807, 2.05) is 36.4 Å². The van der Waals surface area contributed by atoms with Crippen molar-refractivity contribution in [3.05, 3.63) is 54.6 Å². The molecule has 1 saturated heterocycles. The zero-order valence-electron chi connectivity index (χ0n) is 13.2. The molecule has 0 saturated carbocycles. The van der Waals surface area contributed by atoms with E-state index in [9.17, 15) is 0 Å². The predicted molar refractivity (Wildman–Crippen MR) is 91.9 cm³/mol. The van der Waals surface area contributed by atoms with Crippen LogP contribution in [-0.4, -0.2) is 25.7 Å². The molecule has 0 aliphatic carbocycles. The Kier molecular flexibility index (Phi) is 4.96. The predicted octanol–water partition coefficient (Wildman–Crippen LogP) is 4.06. The quantitative estimate of drug-likeness (QED) is 0.870. The Morgan fingerprint density at radius 3 is 2.64 bits per heavy atom. The average molecular weight is 296 g/mol. The molecule has 116 valence electrons. The Morgan fingerprint density at radius 2 is 1.91 bits per heavy atom. The standard InChI is InChI=1S/C19H24N2O/c1-2-21(15-16-8-7-13-20-16)17-9-6-12-19(14-17)22-18-10-4-3-5-11-18/h3-6,9-12,14,16,20H,2,7-8,13,15H2,1H3/t16-/m0/s1. The average Bonchev–Trinajstić information content (AvgIpc) is 3.07. The smallest absolute Gasteiger partial charge is 0.129 e. The van der Waals surface area contributed by atoms with Crippen LogP contribution in [0.15, 0.2) is 54.6 Å². The molecule has 1 atom stereocenters. The molecular weight excluding hydrogens is 272 g/mol. The molecule has 3 rings (SSSR count). The fourth-order valence-corrected chi connectivity index (χ4v) is 2.96. The van der Waals surface area contributed by atoms with Crippen molar-refractivity contribution < 1.29 is 4.74 Å². The summed E-state index contributed by atoms with van der Waals surface area (Å²) in [4.78, 5) is 2.42. The molecule has 0 radical (unpaired) electrons. The maximum absolute atomic E-state index is 5.94. The summed E-state index contributed by atoms with van der Waals surface area (Å²) >= 11 is 0. The summed E-state index contributed by atoms with van der Waals surface area (Å²) in [6.07, 6.45) is 2.57. The Bertz CT molecular complexity index is 579. The molecule has 3 nitrogen and oxygen atoms in total. The lowest BCUT2D eigenvalue weighted by Crippen LogP contribution is -2.37. The van der Waals surface area contributed by atoms with Gasteiger partial charge in [0.15, 0.2) is 0 Å². The maximum atomic E-state index is 5.94. The summed E-state index contributed by atoms with van der Waals surface area (Å²) < 4.78 is 5.94. The van der Waals surface area contributed by atoms with Crippen molar-refractivity contribution >= 4 is 5.69 Å². The van der Waals surface area contributed by atoms with Gasteiger partial charge in [0.2, 0.25) is 0 Å². The molecule has 1 fully saturated rings. The summed E-state index contributed by atoms with van der Waals surface area (Å²) in [7, 11) is 0. The summed E-state index contributed by atoms with van der Waals surface area (Å²) in [6, 6.07) is 18.9. The highest BCUT2D eigenvalue weighted by Crippen LogP contribution is 2.26. The van der Waals surface area contributed by atoms with Crippen molar-refractivity contribution in [2.75, 3.05) is 24.5 Å². The number of anilines is 1. The number of rotatable bonds is 6. The third-order valence-corrected chi connectivity index (χ3v) is 4.15. The lowest BCUT2D eigenvalue weighted by Gasteiger charge is -2.27. The number of nitrogens with zero attached hydrogens (tertiary/aromatic N) is 1. The monoisotopic (exact) mass is 296 g/mol. The first kappa shape index (κ1) is 14.9. The SMILES string of the molecule is CCN(C[C@@H]1CCCN1)c1cccc(Oc2ccccc2)c1. The highest BCUT2D eigenvalue weighted by Gasteiger charge is 2.17. The van der Waals surface area contributed by atoms with Crippen molar-refractivity contribution in [2.24, 2.45) is 0 Å². The van der Waals surface area contributed by atoms with Crippen LogP contribution in [0.5, 0.6) is 11.5 Å². The van der Waals surface area contributed by atoms with E-state index in [1.165, 1.54) is 18.5 Å². The van der Waals surface area contributed by atoms with Gasteiger partial charge < -0.3 is 15.0 Å². The lowest BCUT2D eigenvalue weighted by molar-refractivity contribution is 0.482. The molecule has 1 heterocycles. The van der Waals surface area contributed by atoms with Crippen LogP contribution in [0, 0.1) is 0 Å². The summed E-state index contributed by atoms with van der Waals surface area (Å²) in [6.45, 7) is 5.43. The van der Waals surface area contributed by atoms with Gasteiger partial charge in [0.25, 0.3) is 0 Å². The van der Waals surface area contributed by atoms with Gasteiger partial charge in [0, 0.05) is 30.9 Å². The van der Waals surface area contributed by atoms with Gasteiger partial charge in [-0.15, -0.1) is 0 Å². The highest BCUT2D eigenvalue weighted by atomic mass is 16.5. The first-order valence-electron chi connectivity index (χ1n) is 8.16. The summed E-state index contributed by atoms with van der Waals surface area (Å²) in [5.41, 5.74) is 1.23. The molecule has 2 aromatic carbocycles. The molecule has 1 aliphatic rings. The normalized spacial score (nSPS) is 17.4. The van der Waals surface area contributed by atoms with E-state index in [0.717, 1.165) is 31.1 Å². The van der Waals surface area contributed by atoms with Crippen molar-refractivity contribution in [3.63, 3.8) is 0 Å². The second-order valence-electron chi connectivity index (χ2n) is 5.74. The lowest BCUT2D eigenvalue weighted by atomic mass is 10.2. The number of nitrogens with one attached hydrogen (secondary N) is 1. The van der Waals surface area contributed by atoms with E-state index in [-0.39, 0.29) is 0 Å². The first-order valence-corrected chi connectivity index (χ1v) is 8.16. The van der Waals surface area contributed by atoms with Gasteiger partial charge in [-0.05, 0) is 50.6 Å². The van der Waals surface area contributed by atoms with Gasteiger partial charge in [-0.3, -0.25) is 0 Å². The minimum Gasteiger partial charge on any atom is -0.457 e. The molecule has 0 spiro atoms. The van der Waals surface area contributed by atoms with Gasteiger partial charge in [0.1, 0.15) is 11.5 Å². The van der Waals surface area contributed by atoms with Crippen LogP contribution in [-0.2, 0) is 0 Å². The van der Waals surface area contributed by atoms with E-state index in [2.05, 4.69) is 35.3 Å². The minimum atomic E-state index is 0.610. The second-order valence-corrected chi connectivity index (χ2v) is 5.74. The van der Waals surface area contributed by atoms with E-state index in [0.29, 0.717) is 6.04 Å². The Labute approximate surface area is 132 Å². The third-order valence-electron chi connectivity index (χ3n) is 4.15. The number of likely N-dealkylation sites (N-methyl/N-ethyl adjacent to an activating group) is 1. The minimum absolute atomic E-state index is 0.610. The summed E-state index contributed by atoms with van der Waals surface area (Å²) in [5.74, 6) is 1.77. The third kappa shape index (κ3) is 3.80. The molecule has 0 amide bonds. The maximum Gasteiger partial charge on any atom is 0.129 e. The first-order chi connectivity index (χ1) is 10.8. The van der Waals surface area contributed by atoms with Crippen LogP contribution in [0.1, 0.15) is 19.8 Å². The van der Waals surface area contributed by atoms with Crippen LogP contribution in [0.2, 0.25) is 0 Å². The van der Waals surface area contributed by atoms with Crippen molar-refractivity contribution in [2.45, 2.75) is 25.8 Å². The number of hydrogen-bond acceptors (Lipinski definition) is 3. The Balaban J connectivity index is 1.71. The van der Waals surface area contributed by atoms with Crippen LogP contribution in [0.3, 0.4) is 0 Å². The second kappa shape index (κ2) is 7.32. The topological polar surface area (TPSA) is 24.5 Å². The number of ether oxygens (including phenoxy) is 1. The van der Waals surface area contributed by atoms with E-state index in [4.69, 9.17) is 4.74 Å². The Morgan fingerprint density at radius 1 is 1.09 bits per heavy atom. The van der Waals surface area contributed by atoms with Crippen LogP contribution in [0.4, 0.5) is 5.69 Å². The molecule has 3 heteroatoms. The van der Waals surface area contributed by atoms with Crippen LogP contribution < -0.4 is 15.0 Å². The van der Waals surface area contributed by atoms with Gasteiger partial charge in [-0.25, -0.2) is 0 Å². The molecule has 0 bridgehead atoms. The van der Waals surface area contributed by atoms with E-state index in [1.54, 1.807) is 0 Å². The number of hydrogen-bond donors (Lipinski definition) is 1. The van der Waals surface area contributed by atoms with E-state index < -0.39 is 0 Å². The fourth-order valence-electron chi connectivity index (χ4n) is 2.96. The highest BCUT2D eigenvalue weighted by molar-refractivity contribution is 5.51. The molecule has 0 unspecified atom stereocenters. The number of benzene rings is 2.